The number of aliphatic hydroxyl groups excluding tert-OH is 1. The van der Waals surface area contributed by atoms with Crippen LogP contribution >= 0.6 is 0 Å². The van der Waals surface area contributed by atoms with Crippen molar-refractivity contribution in [1.29, 1.82) is 0 Å². The fraction of sp³-hybridized carbons (Fsp3) is 0.267. The van der Waals surface area contributed by atoms with Crippen molar-refractivity contribution >= 4 is 5.97 Å². The van der Waals surface area contributed by atoms with Gasteiger partial charge in [-0.1, -0.05) is 84.0 Å². The van der Waals surface area contributed by atoms with Crippen LogP contribution in [-0.4, -0.2) is 27.9 Å². The number of benzene rings is 3. The Hall–Kier alpha value is -3.74. The molecule has 0 saturated heterocycles. The molecule has 1 fully saturated rings. The van der Waals surface area contributed by atoms with Gasteiger partial charge < -0.3 is 19.5 Å². The number of carbonyl (C=O) groups is 1. The summed E-state index contributed by atoms with van der Waals surface area (Å²) in [6, 6.07) is 25.5. The maximum Gasteiger partial charge on any atom is 0.314 e. The molecule has 1 aliphatic carbocycles. The van der Waals surface area contributed by atoms with E-state index in [9.17, 15) is 15.0 Å². The molecule has 36 heavy (non-hydrogen) atoms. The lowest BCUT2D eigenvalue weighted by atomic mass is 9.93. The van der Waals surface area contributed by atoms with Crippen molar-refractivity contribution in [2.45, 2.75) is 44.3 Å². The zero-order valence-electron chi connectivity index (χ0n) is 20.3. The molecule has 0 spiro atoms. The molecule has 1 aliphatic rings. The Morgan fingerprint density at radius 3 is 2.14 bits per heavy atom. The van der Waals surface area contributed by atoms with Gasteiger partial charge >= 0.3 is 5.97 Å². The minimum Gasteiger partial charge on any atom is -0.481 e. The quantitative estimate of drug-likeness (QED) is 0.293. The van der Waals surface area contributed by atoms with Gasteiger partial charge in [0.2, 0.25) is 0 Å². The molecule has 0 aliphatic heterocycles. The van der Waals surface area contributed by atoms with Crippen LogP contribution in [0.5, 0.6) is 0 Å². The number of nitrogens with zero attached hydrogens (tertiary/aromatic N) is 1. The lowest BCUT2D eigenvalue weighted by molar-refractivity contribution is -0.140. The number of aliphatic carboxylic acids is 1. The SMILES string of the molecule is Cc1noc(-c2ccc(-c3ccc(C4(C(=O)O)CC4)cc3)cc2)c1C(O)COC(C)c1ccccc1. The van der Waals surface area contributed by atoms with E-state index in [2.05, 4.69) is 5.16 Å². The van der Waals surface area contributed by atoms with Crippen LogP contribution in [0, 0.1) is 6.92 Å². The van der Waals surface area contributed by atoms with E-state index >= 15 is 0 Å². The third-order valence-corrected chi connectivity index (χ3v) is 7.09. The number of aryl methyl sites for hydroxylation is 1. The van der Waals surface area contributed by atoms with Crippen molar-refractivity contribution in [1.82, 2.24) is 5.16 Å². The molecule has 6 nitrogen and oxygen atoms in total. The van der Waals surface area contributed by atoms with Gasteiger partial charge in [-0.25, -0.2) is 0 Å². The Kier molecular flexibility index (Phi) is 6.48. The summed E-state index contributed by atoms with van der Waals surface area (Å²) in [6.07, 6.45) is 0.350. The first-order valence-corrected chi connectivity index (χ1v) is 12.1. The van der Waals surface area contributed by atoms with Gasteiger partial charge in [0.25, 0.3) is 0 Å². The van der Waals surface area contributed by atoms with Crippen LogP contribution in [0.1, 0.15) is 54.4 Å². The first-order chi connectivity index (χ1) is 17.4. The number of aromatic nitrogens is 1. The average Bonchev–Trinajstić information content (AvgIpc) is 3.64. The Bertz CT molecular complexity index is 1340. The number of rotatable bonds is 9. The standard InChI is InChI=1S/C30H29NO5/c1-19-27(26(32)18-35-20(2)21-6-4-3-5-7-21)28(36-31-19)24-10-8-22(9-11-24)23-12-14-25(15-13-23)30(16-17-30)29(33)34/h3-15,20,26,32H,16-18H2,1-2H3,(H,33,34). The first-order valence-electron chi connectivity index (χ1n) is 12.1. The average molecular weight is 484 g/mol. The van der Waals surface area contributed by atoms with Crippen LogP contribution < -0.4 is 0 Å². The van der Waals surface area contributed by atoms with E-state index in [1.165, 1.54) is 0 Å². The minimum absolute atomic E-state index is 0.118. The number of aliphatic hydroxyl groups is 1. The Balaban J connectivity index is 1.30. The zero-order chi connectivity index (χ0) is 25.3. The molecule has 2 unspecified atom stereocenters. The van der Waals surface area contributed by atoms with E-state index in [4.69, 9.17) is 9.26 Å². The van der Waals surface area contributed by atoms with Gasteiger partial charge in [-0.15, -0.1) is 0 Å². The van der Waals surface area contributed by atoms with E-state index in [1.807, 2.05) is 92.7 Å². The van der Waals surface area contributed by atoms with Crippen molar-refractivity contribution < 1.29 is 24.3 Å². The van der Waals surface area contributed by atoms with Crippen molar-refractivity contribution in [3.63, 3.8) is 0 Å². The summed E-state index contributed by atoms with van der Waals surface area (Å²) in [5.41, 5.74) is 5.26. The summed E-state index contributed by atoms with van der Waals surface area (Å²) < 4.78 is 11.5. The fourth-order valence-electron chi connectivity index (χ4n) is 4.66. The molecule has 0 amide bonds. The number of hydrogen-bond donors (Lipinski definition) is 2. The van der Waals surface area contributed by atoms with Crippen molar-refractivity contribution in [2.75, 3.05) is 6.61 Å². The van der Waals surface area contributed by atoms with Crippen molar-refractivity contribution in [2.24, 2.45) is 0 Å². The zero-order valence-corrected chi connectivity index (χ0v) is 20.3. The van der Waals surface area contributed by atoms with Gasteiger partial charge in [-0.05, 0) is 48.9 Å². The fourth-order valence-corrected chi connectivity index (χ4v) is 4.66. The van der Waals surface area contributed by atoms with Crippen LogP contribution in [0.25, 0.3) is 22.5 Å². The van der Waals surface area contributed by atoms with E-state index in [0.717, 1.165) is 27.8 Å². The molecular formula is C30H29NO5. The van der Waals surface area contributed by atoms with E-state index in [0.29, 0.717) is 29.9 Å². The van der Waals surface area contributed by atoms with Crippen molar-refractivity contribution in [3.8, 4) is 22.5 Å². The van der Waals surface area contributed by atoms with Gasteiger partial charge in [0.05, 0.1) is 29.4 Å². The second-order valence-corrected chi connectivity index (χ2v) is 9.45. The van der Waals surface area contributed by atoms with Crippen LogP contribution in [-0.2, 0) is 14.9 Å². The predicted molar refractivity (Wildman–Crippen MR) is 136 cm³/mol. The molecule has 184 valence electrons. The van der Waals surface area contributed by atoms with Gasteiger partial charge in [0.15, 0.2) is 5.76 Å². The number of carboxylic acids is 1. The largest absolute Gasteiger partial charge is 0.481 e. The molecule has 5 rings (SSSR count). The molecule has 1 aromatic heterocycles. The molecule has 0 radical (unpaired) electrons. The third kappa shape index (κ3) is 4.57. The molecule has 1 saturated carbocycles. The minimum atomic E-state index is -0.881. The third-order valence-electron chi connectivity index (χ3n) is 7.09. The second-order valence-electron chi connectivity index (χ2n) is 9.45. The summed E-state index contributed by atoms with van der Waals surface area (Å²) in [6.45, 7) is 3.89. The Morgan fingerprint density at radius 2 is 1.56 bits per heavy atom. The lowest BCUT2D eigenvalue weighted by Gasteiger charge is -2.17. The van der Waals surface area contributed by atoms with Gasteiger partial charge in [-0.3, -0.25) is 4.79 Å². The number of ether oxygens (including phenoxy) is 1. The molecule has 4 aromatic rings. The molecule has 0 bridgehead atoms. The van der Waals surface area contributed by atoms with Crippen LogP contribution in [0.2, 0.25) is 0 Å². The summed E-state index contributed by atoms with van der Waals surface area (Å²) in [5, 5.41) is 24.5. The normalized spacial score (nSPS) is 15.9. The Morgan fingerprint density at radius 1 is 0.972 bits per heavy atom. The van der Waals surface area contributed by atoms with E-state index < -0.39 is 17.5 Å². The molecule has 2 N–H and O–H groups in total. The summed E-state index contributed by atoms with van der Waals surface area (Å²) in [5.74, 6) is -0.227. The highest BCUT2D eigenvalue weighted by Gasteiger charge is 2.51. The van der Waals surface area contributed by atoms with Gasteiger partial charge in [0.1, 0.15) is 6.10 Å². The van der Waals surface area contributed by atoms with Gasteiger partial charge in [-0.2, -0.15) is 0 Å². The lowest BCUT2D eigenvalue weighted by Crippen LogP contribution is -2.19. The van der Waals surface area contributed by atoms with Gasteiger partial charge in [0, 0.05) is 5.56 Å². The predicted octanol–water partition coefficient (Wildman–Crippen LogP) is 6.24. The molecule has 3 aromatic carbocycles. The highest BCUT2D eigenvalue weighted by molar-refractivity contribution is 5.85. The summed E-state index contributed by atoms with van der Waals surface area (Å²) in [7, 11) is 0. The highest BCUT2D eigenvalue weighted by atomic mass is 16.5. The topological polar surface area (TPSA) is 92.8 Å². The van der Waals surface area contributed by atoms with Crippen LogP contribution in [0.3, 0.4) is 0 Å². The van der Waals surface area contributed by atoms with Crippen molar-refractivity contribution in [3.05, 3.63) is 101 Å². The van der Waals surface area contributed by atoms with E-state index in [-0.39, 0.29) is 12.7 Å². The first kappa shape index (κ1) is 24.0. The Labute approximate surface area is 210 Å². The maximum absolute atomic E-state index is 11.6. The highest BCUT2D eigenvalue weighted by Crippen LogP contribution is 2.48. The van der Waals surface area contributed by atoms with E-state index in [1.54, 1.807) is 0 Å². The molecular weight excluding hydrogens is 454 g/mol. The monoisotopic (exact) mass is 483 g/mol. The number of carboxylic acid groups (broad SMARTS) is 1. The van der Waals surface area contributed by atoms with Crippen LogP contribution in [0.15, 0.2) is 83.4 Å². The number of hydrogen-bond acceptors (Lipinski definition) is 5. The molecule has 6 heteroatoms. The summed E-state index contributed by atoms with van der Waals surface area (Å²) in [4.78, 5) is 11.6. The molecule has 2 atom stereocenters. The molecule has 1 heterocycles. The summed E-state index contributed by atoms with van der Waals surface area (Å²) >= 11 is 0. The second kappa shape index (κ2) is 9.72. The van der Waals surface area contributed by atoms with Crippen LogP contribution in [0.4, 0.5) is 0 Å². The maximum atomic E-state index is 11.6. The smallest absolute Gasteiger partial charge is 0.314 e.